The average molecular weight is 583 g/mol. The van der Waals surface area contributed by atoms with E-state index in [0.29, 0.717) is 0 Å². The first-order valence-corrected chi connectivity index (χ1v) is 15.9. The Labute approximate surface area is 268 Å². The summed E-state index contributed by atoms with van der Waals surface area (Å²) in [6, 6.07) is 66.8. The lowest BCUT2D eigenvalue weighted by molar-refractivity contribution is 1.57. The van der Waals surface area contributed by atoms with Crippen LogP contribution in [-0.2, 0) is 0 Å². The smallest absolute Gasteiger partial charge is 0.00141 e. The van der Waals surface area contributed by atoms with Crippen LogP contribution in [0.1, 0.15) is 0 Å². The molecule has 9 aromatic rings. The third kappa shape index (κ3) is 4.38. The largest absolute Gasteiger partial charge is 0.0622 e. The molecule has 0 aromatic heterocycles. The molecule has 0 saturated carbocycles. The summed E-state index contributed by atoms with van der Waals surface area (Å²) < 4.78 is 0. The Morgan fingerprint density at radius 3 is 1.41 bits per heavy atom. The van der Waals surface area contributed by atoms with Crippen LogP contribution in [0.3, 0.4) is 0 Å². The van der Waals surface area contributed by atoms with Crippen molar-refractivity contribution in [3.8, 4) is 44.5 Å². The van der Waals surface area contributed by atoms with E-state index in [2.05, 4.69) is 182 Å². The second-order valence-corrected chi connectivity index (χ2v) is 12.1. The number of fused-ring (bicyclic) bond motifs is 5. The molecule has 0 bridgehead atoms. The summed E-state index contributed by atoms with van der Waals surface area (Å²) >= 11 is 0. The fourth-order valence-electron chi connectivity index (χ4n) is 7.24. The second kappa shape index (κ2) is 10.9. The molecule has 0 fully saturated rings. The number of benzene rings is 9. The Hall–Kier alpha value is -5.98. The van der Waals surface area contributed by atoms with Gasteiger partial charge < -0.3 is 0 Å². The summed E-state index contributed by atoms with van der Waals surface area (Å²) in [5.41, 5.74) is 9.86. The maximum atomic E-state index is 2.41. The molecule has 0 N–H and O–H groups in total. The highest BCUT2D eigenvalue weighted by Crippen LogP contribution is 2.49. The predicted molar refractivity (Wildman–Crippen MR) is 198 cm³/mol. The molecule has 0 heteroatoms. The summed E-state index contributed by atoms with van der Waals surface area (Å²) in [4.78, 5) is 0. The van der Waals surface area contributed by atoms with Gasteiger partial charge in [-0.05, 0) is 106 Å². The molecule has 0 saturated heterocycles. The normalized spacial score (nSPS) is 11.5. The molecule has 0 atom stereocenters. The van der Waals surface area contributed by atoms with Crippen LogP contribution in [0.15, 0.2) is 182 Å². The zero-order valence-corrected chi connectivity index (χ0v) is 25.3. The molecule has 46 heavy (non-hydrogen) atoms. The van der Waals surface area contributed by atoms with Gasteiger partial charge in [-0.2, -0.15) is 0 Å². The molecule has 0 spiro atoms. The molecule has 0 nitrogen and oxygen atoms in total. The first-order chi connectivity index (χ1) is 22.8. The summed E-state index contributed by atoms with van der Waals surface area (Å²) in [6.07, 6.45) is 0. The number of rotatable bonds is 4. The Bertz CT molecular complexity index is 2570. The average Bonchev–Trinajstić information content (AvgIpc) is 3.14. The fourth-order valence-corrected chi connectivity index (χ4v) is 7.24. The Kier molecular flexibility index (Phi) is 6.25. The van der Waals surface area contributed by atoms with Crippen molar-refractivity contribution >= 4 is 43.1 Å². The van der Waals surface area contributed by atoms with Gasteiger partial charge in [-0.25, -0.2) is 0 Å². The minimum atomic E-state index is 1.21. The van der Waals surface area contributed by atoms with Crippen LogP contribution < -0.4 is 0 Å². The van der Waals surface area contributed by atoms with Crippen LogP contribution in [0.4, 0.5) is 0 Å². The van der Waals surface area contributed by atoms with Gasteiger partial charge in [0.25, 0.3) is 0 Å². The van der Waals surface area contributed by atoms with Crippen molar-refractivity contribution in [1.29, 1.82) is 0 Å². The van der Waals surface area contributed by atoms with Gasteiger partial charge in [0.2, 0.25) is 0 Å². The van der Waals surface area contributed by atoms with Gasteiger partial charge in [-0.3, -0.25) is 0 Å². The van der Waals surface area contributed by atoms with Gasteiger partial charge in [0.05, 0.1) is 0 Å². The van der Waals surface area contributed by atoms with E-state index in [1.165, 1.54) is 87.6 Å². The van der Waals surface area contributed by atoms with Gasteiger partial charge in [0, 0.05) is 0 Å². The zero-order chi connectivity index (χ0) is 30.5. The van der Waals surface area contributed by atoms with E-state index < -0.39 is 0 Å². The number of hydrogen-bond acceptors (Lipinski definition) is 0. The van der Waals surface area contributed by atoms with Gasteiger partial charge in [-0.1, -0.05) is 164 Å². The summed E-state index contributed by atoms with van der Waals surface area (Å²) in [7, 11) is 0. The molecule has 0 unspecified atom stereocenters. The molecule has 0 aliphatic heterocycles. The third-order valence-electron chi connectivity index (χ3n) is 9.43. The van der Waals surface area contributed by atoms with Crippen molar-refractivity contribution in [2.24, 2.45) is 0 Å². The first kappa shape index (κ1) is 26.4. The fraction of sp³-hybridized carbons (Fsp3) is 0. The van der Waals surface area contributed by atoms with Crippen molar-refractivity contribution in [2.45, 2.75) is 0 Å². The van der Waals surface area contributed by atoms with Gasteiger partial charge in [0.15, 0.2) is 0 Å². The molecule has 9 aromatic carbocycles. The summed E-state index contributed by atoms with van der Waals surface area (Å²) in [5, 5.41) is 10.0. The topological polar surface area (TPSA) is 0 Å². The highest BCUT2D eigenvalue weighted by molar-refractivity contribution is 6.17. The summed E-state index contributed by atoms with van der Waals surface area (Å²) in [6.45, 7) is 0. The second-order valence-electron chi connectivity index (χ2n) is 12.1. The zero-order valence-electron chi connectivity index (χ0n) is 25.3. The van der Waals surface area contributed by atoms with Crippen molar-refractivity contribution in [3.63, 3.8) is 0 Å². The van der Waals surface area contributed by atoms with E-state index in [9.17, 15) is 0 Å². The Balaban J connectivity index is 1.47. The highest BCUT2D eigenvalue weighted by atomic mass is 14.2. The van der Waals surface area contributed by atoms with E-state index in [0.717, 1.165) is 0 Å². The predicted octanol–water partition coefficient (Wildman–Crippen LogP) is 13.0. The highest BCUT2D eigenvalue weighted by Gasteiger charge is 2.22. The van der Waals surface area contributed by atoms with Crippen LogP contribution in [-0.4, -0.2) is 0 Å². The molecule has 214 valence electrons. The van der Waals surface area contributed by atoms with Crippen molar-refractivity contribution in [3.05, 3.63) is 182 Å². The minimum absolute atomic E-state index is 1.21. The van der Waals surface area contributed by atoms with Crippen molar-refractivity contribution < 1.29 is 0 Å². The molecule has 9 rings (SSSR count). The molecule has 0 aliphatic rings. The maximum Gasteiger partial charge on any atom is -0.00141 e. The van der Waals surface area contributed by atoms with Gasteiger partial charge in [-0.15, -0.1) is 0 Å². The van der Waals surface area contributed by atoms with Gasteiger partial charge >= 0.3 is 0 Å². The summed E-state index contributed by atoms with van der Waals surface area (Å²) in [5.74, 6) is 0. The molecule has 0 amide bonds. The molecule has 0 heterocycles. The van der Waals surface area contributed by atoms with E-state index in [4.69, 9.17) is 0 Å². The lowest BCUT2D eigenvalue weighted by Gasteiger charge is -2.23. The Morgan fingerprint density at radius 2 is 0.717 bits per heavy atom. The lowest BCUT2D eigenvalue weighted by Crippen LogP contribution is -1.96. The SMILES string of the molecule is c1ccc(-c2ccc(-c3ccc4ccccc4c3)c(-c3ccc4ccccc4c3)c2-c2cc3ccccc3c3ccccc23)cc1. The van der Waals surface area contributed by atoms with E-state index in [-0.39, 0.29) is 0 Å². The van der Waals surface area contributed by atoms with E-state index in [1.807, 2.05) is 0 Å². The van der Waals surface area contributed by atoms with Gasteiger partial charge in [0.1, 0.15) is 0 Å². The van der Waals surface area contributed by atoms with E-state index in [1.54, 1.807) is 0 Å². The minimum Gasteiger partial charge on any atom is -0.0622 e. The van der Waals surface area contributed by atoms with Crippen LogP contribution in [0.5, 0.6) is 0 Å². The van der Waals surface area contributed by atoms with Crippen molar-refractivity contribution in [1.82, 2.24) is 0 Å². The molecular formula is C46H30. The van der Waals surface area contributed by atoms with Crippen molar-refractivity contribution in [2.75, 3.05) is 0 Å². The van der Waals surface area contributed by atoms with Crippen LogP contribution in [0.25, 0.3) is 87.6 Å². The molecule has 0 aliphatic carbocycles. The van der Waals surface area contributed by atoms with Crippen LogP contribution >= 0.6 is 0 Å². The van der Waals surface area contributed by atoms with Crippen LogP contribution in [0, 0.1) is 0 Å². The van der Waals surface area contributed by atoms with E-state index >= 15 is 0 Å². The maximum absolute atomic E-state index is 2.41. The third-order valence-corrected chi connectivity index (χ3v) is 9.43. The molecule has 0 radical (unpaired) electrons. The Morgan fingerprint density at radius 1 is 0.217 bits per heavy atom. The monoisotopic (exact) mass is 582 g/mol. The van der Waals surface area contributed by atoms with Crippen LogP contribution in [0.2, 0.25) is 0 Å². The standard InChI is InChI=1S/C46H30/c1-2-14-33(15-3-1)40-26-27-41(37-24-22-31-12-4-6-16-34(31)28-37)45(38-25-23-32-13-5-7-17-35(32)29-38)46(40)44-30-36-18-8-9-19-39(36)42-20-10-11-21-43(42)44/h1-30H. The lowest BCUT2D eigenvalue weighted by atomic mass is 9.80. The molecular weight excluding hydrogens is 553 g/mol. The quantitative estimate of drug-likeness (QED) is 0.181. The first-order valence-electron chi connectivity index (χ1n) is 15.9. The number of hydrogen-bond donors (Lipinski definition) is 0.